The molecule has 0 saturated carbocycles. The van der Waals surface area contributed by atoms with Crippen LogP contribution in [-0.4, -0.2) is 36.6 Å². The van der Waals surface area contributed by atoms with Crippen LogP contribution < -0.4 is 39.1 Å². The third-order valence-electron chi connectivity index (χ3n) is 9.43. The molecule has 0 amide bonds. The number of rotatable bonds is 2. The molecule has 44 heavy (non-hydrogen) atoms. The molecule has 0 N–H and O–H groups in total. The van der Waals surface area contributed by atoms with E-state index >= 15 is 0 Å². The number of nitrogens with zero attached hydrogens (tertiary/aromatic N) is 1. The summed E-state index contributed by atoms with van der Waals surface area (Å²) in [5.74, 6) is 0. The molecular weight excluding hydrogens is 703 g/mol. The van der Waals surface area contributed by atoms with Gasteiger partial charge in [0.1, 0.15) is 0 Å². The van der Waals surface area contributed by atoms with Crippen LogP contribution in [0.5, 0.6) is 0 Å². The van der Waals surface area contributed by atoms with Crippen molar-refractivity contribution in [1.82, 2.24) is 0 Å². The fourth-order valence-electron chi connectivity index (χ4n) is 7.46. The quantitative estimate of drug-likeness (QED) is 0.230. The van der Waals surface area contributed by atoms with Crippen molar-refractivity contribution in [3.8, 4) is 11.1 Å². The Morgan fingerprint density at radius 1 is 0.682 bits per heavy atom. The van der Waals surface area contributed by atoms with Crippen LogP contribution in [0.4, 0.5) is 11.4 Å². The molecule has 5 aromatic carbocycles. The SMILES string of the molecule is c1ccc2c(c1)SC1=C(CCCC1)N2c1ccc2c(c1)[Se]c1cccc3c1B2c1cc(-c2cccc4ccsc24)ccc1[Se]3. The summed E-state index contributed by atoms with van der Waals surface area (Å²) in [5.41, 5.74) is 11.6. The summed E-state index contributed by atoms with van der Waals surface area (Å²) < 4.78 is 7.64. The summed E-state index contributed by atoms with van der Waals surface area (Å²) in [4.78, 5) is 5.58. The molecule has 1 nitrogen and oxygen atoms in total. The minimum absolute atomic E-state index is 0.286. The van der Waals surface area contributed by atoms with Crippen LogP contribution in [0.15, 0.2) is 124 Å². The molecule has 1 aromatic heterocycles. The second-order valence-corrected chi connectivity index (χ2v) is 18.5. The summed E-state index contributed by atoms with van der Waals surface area (Å²) in [6.45, 7) is 0.308. The standard InChI is InChI=1S/C38H26BNS2Se2/c1-3-11-31-29(9-1)40(30-10-2-4-12-32(30)42-31)25-16-17-27-36(22-25)44-35-14-6-13-34-37(35)39(27)28-21-24(15-18-33(28)43-34)26-8-5-7-23-19-20-41-38(23)26/h1,3,5-9,11,13-22H,2,4,10,12H2. The number of hydrogen-bond donors (Lipinski definition) is 0. The van der Waals surface area contributed by atoms with Crippen LogP contribution in [0.3, 0.4) is 0 Å². The monoisotopic (exact) mass is 731 g/mol. The first-order valence-corrected chi connectivity index (χ1v) is 20.4. The van der Waals surface area contributed by atoms with Gasteiger partial charge in [0.15, 0.2) is 0 Å². The molecule has 0 fully saturated rings. The molecule has 6 heteroatoms. The normalized spacial score (nSPS) is 16.3. The van der Waals surface area contributed by atoms with Gasteiger partial charge in [-0.15, -0.1) is 0 Å². The molecule has 0 saturated heterocycles. The molecule has 4 heterocycles. The predicted octanol–water partition coefficient (Wildman–Crippen LogP) is 5.05. The van der Waals surface area contributed by atoms with Crippen molar-refractivity contribution in [2.24, 2.45) is 0 Å². The number of thioether (sulfide) groups is 1. The third-order valence-corrected chi connectivity index (χ3v) is 16.5. The van der Waals surface area contributed by atoms with Crippen LogP contribution in [0, 0.1) is 0 Å². The number of para-hydroxylation sites is 1. The Balaban J connectivity index is 1.14. The van der Waals surface area contributed by atoms with E-state index in [1.807, 2.05) is 23.1 Å². The number of benzene rings is 5. The Bertz CT molecular complexity index is 2200. The molecule has 10 rings (SSSR count). The number of thiophene rings is 1. The van der Waals surface area contributed by atoms with Crippen molar-refractivity contribution in [3.05, 3.63) is 119 Å². The van der Waals surface area contributed by atoms with Gasteiger partial charge >= 0.3 is 281 Å². The van der Waals surface area contributed by atoms with Crippen molar-refractivity contribution in [2.75, 3.05) is 4.90 Å². The summed E-state index contributed by atoms with van der Waals surface area (Å²) in [6, 6.07) is 40.0. The average molecular weight is 729 g/mol. The van der Waals surface area contributed by atoms with Gasteiger partial charge in [-0.25, -0.2) is 0 Å². The van der Waals surface area contributed by atoms with Gasteiger partial charge in [0, 0.05) is 0 Å². The van der Waals surface area contributed by atoms with Gasteiger partial charge < -0.3 is 0 Å². The fourth-order valence-corrected chi connectivity index (χ4v) is 14.9. The Morgan fingerprint density at radius 2 is 1.55 bits per heavy atom. The van der Waals surface area contributed by atoms with Gasteiger partial charge in [0.05, 0.1) is 0 Å². The average Bonchev–Trinajstić information content (AvgIpc) is 3.56. The van der Waals surface area contributed by atoms with Gasteiger partial charge in [-0.2, -0.15) is 0 Å². The second-order valence-electron chi connectivity index (χ2n) is 11.9. The van der Waals surface area contributed by atoms with Crippen LogP contribution in [-0.2, 0) is 0 Å². The molecule has 6 aromatic rings. The van der Waals surface area contributed by atoms with Crippen molar-refractivity contribution >= 4 is 115 Å². The zero-order valence-electron chi connectivity index (χ0n) is 23.9. The van der Waals surface area contributed by atoms with Crippen LogP contribution in [0.1, 0.15) is 25.7 Å². The Hall–Kier alpha value is -2.95. The van der Waals surface area contributed by atoms with E-state index in [0.717, 1.165) is 0 Å². The van der Waals surface area contributed by atoms with Gasteiger partial charge in [-0.3, -0.25) is 0 Å². The molecule has 0 radical (unpaired) electrons. The zero-order valence-corrected chi connectivity index (χ0v) is 28.9. The summed E-state index contributed by atoms with van der Waals surface area (Å²) in [6.07, 6.45) is 4.96. The maximum absolute atomic E-state index is 2.61. The Morgan fingerprint density at radius 3 is 2.50 bits per heavy atom. The third kappa shape index (κ3) is 3.99. The first-order valence-electron chi connectivity index (χ1n) is 15.3. The molecule has 3 aliphatic heterocycles. The van der Waals surface area contributed by atoms with E-state index in [2.05, 4.69) is 113 Å². The van der Waals surface area contributed by atoms with Gasteiger partial charge in [-0.05, 0) is 0 Å². The van der Waals surface area contributed by atoms with Crippen molar-refractivity contribution < 1.29 is 0 Å². The number of hydrogen-bond acceptors (Lipinski definition) is 3. The number of fused-ring (bicyclic) bond motifs is 6. The number of allylic oxidation sites excluding steroid dienone is 2. The van der Waals surface area contributed by atoms with E-state index in [-0.39, 0.29) is 15.0 Å². The topological polar surface area (TPSA) is 3.24 Å². The molecule has 0 atom stereocenters. The first-order chi connectivity index (χ1) is 21.8. The molecule has 210 valence electrons. The van der Waals surface area contributed by atoms with Crippen molar-refractivity contribution in [2.45, 2.75) is 30.6 Å². The van der Waals surface area contributed by atoms with E-state index in [1.165, 1.54) is 84.3 Å². The zero-order chi connectivity index (χ0) is 28.8. The number of anilines is 2. The molecular formula is C38H26BNS2Se2. The van der Waals surface area contributed by atoms with Crippen LogP contribution in [0.25, 0.3) is 21.2 Å². The van der Waals surface area contributed by atoms with Crippen LogP contribution >= 0.6 is 23.1 Å². The Labute approximate surface area is 279 Å². The molecule has 0 unspecified atom stereocenters. The molecule has 0 spiro atoms. The van der Waals surface area contributed by atoms with E-state index in [4.69, 9.17) is 0 Å². The Kier molecular flexibility index (Phi) is 6.15. The van der Waals surface area contributed by atoms with E-state index < -0.39 is 0 Å². The van der Waals surface area contributed by atoms with Gasteiger partial charge in [-0.1, -0.05) is 0 Å². The second kappa shape index (κ2) is 10.3. The van der Waals surface area contributed by atoms with Crippen molar-refractivity contribution in [3.63, 3.8) is 0 Å². The molecule has 4 aliphatic rings. The first kappa shape index (κ1) is 26.3. The van der Waals surface area contributed by atoms with E-state index in [0.29, 0.717) is 21.7 Å². The summed E-state index contributed by atoms with van der Waals surface area (Å²) in [7, 11) is 0. The van der Waals surface area contributed by atoms with Gasteiger partial charge in [0.2, 0.25) is 0 Å². The van der Waals surface area contributed by atoms with E-state index in [1.54, 1.807) is 23.8 Å². The fraction of sp³-hybridized carbons (Fsp3) is 0.105. The maximum atomic E-state index is 2.61. The summed E-state index contributed by atoms with van der Waals surface area (Å²) >= 11 is 4.48. The molecule has 0 bridgehead atoms. The molecule has 1 aliphatic carbocycles. The predicted molar refractivity (Wildman–Crippen MR) is 195 cm³/mol. The van der Waals surface area contributed by atoms with E-state index in [9.17, 15) is 0 Å². The summed E-state index contributed by atoms with van der Waals surface area (Å²) in [5, 5.41) is 3.57. The van der Waals surface area contributed by atoms with Crippen molar-refractivity contribution in [1.29, 1.82) is 0 Å². The minimum atomic E-state index is 0.286. The van der Waals surface area contributed by atoms with Crippen LogP contribution in [0.2, 0.25) is 0 Å². The van der Waals surface area contributed by atoms with Gasteiger partial charge in [0.25, 0.3) is 0 Å².